The van der Waals surface area contributed by atoms with Gasteiger partial charge >= 0.3 is 6.09 Å². The first-order valence-electron chi connectivity index (χ1n) is 7.61. The molecule has 0 radical (unpaired) electrons. The molecular formula is C19H21NO4. The Morgan fingerprint density at radius 2 is 1.75 bits per heavy atom. The maximum atomic E-state index is 11.6. The molecule has 2 aromatic carbocycles. The molecule has 0 saturated carbocycles. The first-order chi connectivity index (χ1) is 11.7. The topological polar surface area (TPSA) is 67.8 Å². The Hall–Kier alpha value is -2.79. The number of methoxy groups -OCH3 is 1. The van der Waals surface area contributed by atoms with Crippen molar-refractivity contribution in [3.63, 3.8) is 0 Å². The zero-order valence-electron chi connectivity index (χ0n) is 13.6. The second kappa shape index (κ2) is 9.37. The summed E-state index contributed by atoms with van der Waals surface area (Å²) in [6.45, 7) is 0.622. The van der Waals surface area contributed by atoms with E-state index in [1.807, 2.05) is 60.7 Å². The zero-order valence-corrected chi connectivity index (χ0v) is 13.6. The van der Waals surface area contributed by atoms with Crippen molar-refractivity contribution < 1.29 is 19.4 Å². The van der Waals surface area contributed by atoms with Gasteiger partial charge in [0, 0.05) is 6.54 Å². The molecule has 0 saturated heterocycles. The Kier molecular flexibility index (Phi) is 6.86. The lowest BCUT2D eigenvalue weighted by molar-refractivity contribution is 0.140. The molecule has 0 atom stereocenters. The molecule has 5 nitrogen and oxygen atoms in total. The minimum Gasteiger partial charge on any atom is -0.497 e. The van der Waals surface area contributed by atoms with E-state index in [0.29, 0.717) is 6.54 Å². The van der Waals surface area contributed by atoms with Gasteiger partial charge < -0.3 is 19.9 Å². The number of ether oxygens (including phenoxy) is 2. The van der Waals surface area contributed by atoms with E-state index < -0.39 is 6.09 Å². The monoisotopic (exact) mass is 327 g/mol. The zero-order chi connectivity index (χ0) is 17.2. The third-order valence-electron chi connectivity index (χ3n) is 3.37. The summed E-state index contributed by atoms with van der Waals surface area (Å²) in [5.41, 5.74) is 2.76. The van der Waals surface area contributed by atoms with E-state index in [0.717, 1.165) is 22.4 Å². The molecule has 0 heterocycles. The number of aliphatic hydroxyl groups is 1. The predicted octanol–water partition coefficient (Wildman–Crippen LogP) is 3.13. The number of aliphatic hydroxyl groups excluding tert-OH is 1. The van der Waals surface area contributed by atoms with Gasteiger partial charge in [-0.3, -0.25) is 0 Å². The number of amides is 1. The molecule has 0 aliphatic heterocycles. The highest BCUT2D eigenvalue weighted by molar-refractivity contribution is 5.67. The minimum atomic E-state index is -0.467. The molecule has 0 aliphatic rings. The van der Waals surface area contributed by atoms with Crippen LogP contribution in [0, 0.1) is 0 Å². The van der Waals surface area contributed by atoms with Crippen LogP contribution in [0.2, 0.25) is 0 Å². The van der Waals surface area contributed by atoms with Crippen LogP contribution in [0.1, 0.15) is 16.7 Å². The van der Waals surface area contributed by atoms with Gasteiger partial charge in [0.05, 0.1) is 13.7 Å². The summed E-state index contributed by atoms with van der Waals surface area (Å²) in [7, 11) is 1.60. The Morgan fingerprint density at radius 1 is 1.08 bits per heavy atom. The van der Waals surface area contributed by atoms with Gasteiger partial charge in [0.25, 0.3) is 0 Å². The minimum absolute atomic E-state index is 0.0333. The molecule has 2 aromatic rings. The van der Waals surface area contributed by atoms with Crippen molar-refractivity contribution in [2.45, 2.75) is 13.2 Å². The molecular weight excluding hydrogens is 306 g/mol. The molecule has 0 bridgehead atoms. The summed E-state index contributed by atoms with van der Waals surface area (Å²) in [6, 6.07) is 14.9. The summed E-state index contributed by atoms with van der Waals surface area (Å²) in [4.78, 5) is 11.6. The third-order valence-corrected chi connectivity index (χ3v) is 3.37. The van der Waals surface area contributed by atoms with Gasteiger partial charge in [-0.25, -0.2) is 4.79 Å². The van der Waals surface area contributed by atoms with Crippen molar-refractivity contribution >= 4 is 12.2 Å². The van der Waals surface area contributed by atoms with E-state index >= 15 is 0 Å². The van der Waals surface area contributed by atoms with Crippen LogP contribution in [-0.4, -0.2) is 24.9 Å². The van der Waals surface area contributed by atoms with Crippen LogP contribution in [0.25, 0.3) is 6.08 Å². The fourth-order valence-electron chi connectivity index (χ4n) is 1.99. The van der Waals surface area contributed by atoms with Gasteiger partial charge in [-0.15, -0.1) is 0 Å². The molecule has 0 fully saturated rings. The Morgan fingerprint density at radius 3 is 2.38 bits per heavy atom. The quantitative estimate of drug-likeness (QED) is 0.820. The number of hydrogen-bond donors (Lipinski definition) is 2. The number of rotatable bonds is 7. The molecule has 2 rings (SSSR count). The number of alkyl carbamates (subject to hydrolysis) is 1. The van der Waals surface area contributed by atoms with Gasteiger partial charge in [-0.05, 0) is 28.8 Å². The largest absolute Gasteiger partial charge is 0.497 e. The highest BCUT2D eigenvalue weighted by atomic mass is 16.5. The molecule has 0 aromatic heterocycles. The summed E-state index contributed by atoms with van der Waals surface area (Å²) in [6.07, 6.45) is 3.26. The molecule has 5 heteroatoms. The van der Waals surface area contributed by atoms with Crippen LogP contribution in [0.15, 0.2) is 54.6 Å². The average Bonchev–Trinajstić information content (AvgIpc) is 2.64. The van der Waals surface area contributed by atoms with E-state index in [1.54, 1.807) is 7.11 Å². The fraction of sp³-hybridized carbons (Fsp3) is 0.211. The lowest BCUT2D eigenvalue weighted by atomic mass is 10.1. The van der Waals surface area contributed by atoms with Gasteiger partial charge in [0.2, 0.25) is 0 Å². The number of hydrogen-bond acceptors (Lipinski definition) is 4. The van der Waals surface area contributed by atoms with Crippen LogP contribution in [0.3, 0.4) is 0 Å². The average molecular weight is 327 g/mol. The van der Waals surface area contributed by atoms with E-state index in [4.69, 9.17) is 14.6 Å². The molecule has 2 N–H and O–H groups in total. The van der Waals surface area contributed by atoms with Gasteiger partial charge in [-0.1, -0.05) is 48.6 Å². The van der Waals surface area contributed by atoms with Crippen molar-refractivity contribution in [3.8, 4) is 5.75 Å². The van der Waals surface area contributed by atoms with Crippen molar-refractivity contribution in [3.05, 3.63) is 71.3 Å². The van der Waals surface area contributed by atoms with Crippen LogP contribution in [0.5, 0.6) is 5.75 Å². The number of nitrogens with one attached hydrogen (secondary N) is 1. The predicted molar refractivity (Wildman–Crippen MR) is 92.6 cm³/mol. The fourth-order valence-corrected chi connectivity index (χ4v) is 1.99. The third kappa shape index (κ3) is 5.78. The molecule has 1 amide bonds. The first kappa shape index (κ1) is 17.6. The van der Waals surface area contributed by atoms with Gasteiger partial charge in [0.1, 0.15) is 12.4 Å². The highest BCUT2D eigenvalue weighted by Crippen LogP contribution is 2.12. The van der Waals surface area contributed by atoms with E-state index in [9.17, 15) is 4.79 Å². The van der Waals surface area contributed by atoms with Crippen LogP contribution < -0.4 is 10.1 Å². The maximum absolute atomic E-state index is 11.6. The standard InChI is InChI=1S/C19H21NO4/c1-23-18-10-8-17(9-11-18)14-24-19(22)20-12-2-3-15-4-6-16(13-21)7-5-15/h2-11,21H,12-14H2,1H3,(H,20,22)/b3-2+. The number of carbonyl (C=O) groups excluding carboxylic acids is 1. The van der Waals surface area contributed by atoms with Gasteiger partial charge in [0.15, 0.2) is 0 Å². The SMILES string of the molecule is COc1ccc(COC(=O)NC/C=C/c2ccc(CO)cc2)cc1. The van der Waals surface area contributed by atoms with Crippen molar-refractivity contribution in [2.75, 3.05) is 13.7 Å². The Balaban J connectivity index is 1.69. The molecule has 0 spiro atoms. The van der Waals surface area contributed by atoms with E-state index in [1.165, 1.54) is 0 Å². The van der Waals surface area contributed by atoms with Crippen LogP contribution >= 0.6 is 0 Å². The van der Waals surface area contributed by atoms with Crippen LogP contribution in [-0.2, 0) is 18.0 Å². The van der Waals surface area contributed by atoms with Crippen LogP contribution in [0.4, 0.5) is 4.79 Å². The Labute approximate surface area is 141 Å². The molecule has 0 aliphatic carbocycles. The summed E-state index contributed by atoms with van der Waals surface area (Å²) in [5, 5.41) is 11.6. The van der Waals surface area contributed by atoms with Gasteiger partial charge in [-0.2, -0.15) is 0 Å². The number of benzene rings is 2. The van der Waals surface area contributed by atoms with E-state index in [2.05, 4.69) is 5.32 Å². The first-order valence-corrected chi connectivity index (χ1v) is 7.61. The summed E-state index contributed by atoms with van der Waals surface area (Å²) in [5.74, 6) is 0.764. The molecule has 24 heavy (non-hydrogen) atoms. The number of carbonyl (C=O) groups is 1. The summed E-state index contributed by atoms with van der Waals surface area (Å²) >= 11 is 0. The van der Waals surface area contributed by atoms with Crippen molar-refractivity contribution in [1.29, 1.82) is 0 Å². The lowest BCUT2D eigenvalue weighted by Gasteiger charge is -2.06. The Bertz CT molecular complexity index is 663. The summed E-state index contributed by atoms with van der Waals surface area (Å²) < 4.78 is 10.2. The second-order valence-corrected chi connectivity index (χ2v) is 5.11. The van der Waals surface area contributed by atoms with Crippen molar-refractivity contribution in [2.24, 2.45) is 0 Å². The lowest BCUT2D eigenvalue weighted by Crippen LogP contribution is -2.24. The normalized spacial score (nSPS) is 10.6. The second-order valence-electron chi connectivity index (χ2n) is 5.11. The molecule has 126 valence electrons. The molecule has 0 unspecified atom stereocenters. The highest BCUT2D eigenvalue weighted by Gasteiger charge is 2.01. The smallest absolute Gasteiger partial charge is 0.407 e. The van der Waals surface area contributed by atoms with E-state index in [-0.39, 0.29) is 13.2 Å². The van der Waals surface area contributed by atoms with Crippen molar-refractivity contribution in [1.82, 2.24) is 5.32 Å². The maximum Gasteiger partial charge on any atom is 0.407 e.